The predicted molar refractivity (Wildman–Crippen MR) is 84.4 cm³/mol. The zero-order chi connectivity index (χ0) is 15.5. The van der Waals surface area contributed by atoms with Crippen LogP contribution in [0.1, 0.15) is 24.8 Å². The minimum Gasteiger partial charge on any atom is -0.316 e. The van der Waals surface area contributed by atoms with Crippen molar-refractivity contribution >= 4 is 21.8 Å². The third-order valence-corrected chi connectivity index (χ3v) is 6.40. The fourth-order valence-corrected chi connectivity index (χ4v) is 5.13. The van der Waals surface area contributed by atoms with Crippen molar-refractivity contribution in [3.63, 3.8) is 0 Å². The monoisotopic (exact) mass is 332 g/mol. The molecule has 2 atom stereocenters. The minimum absolute atomic E-state index is 0.114. The van der Waals surface area contributed by atoms with Gasteiger partial charge < -0.3 is 5.32 Å². The maximum Gasteiger partial charge on any atom is 0.243 e. The Labute approximate surface area is 129 Å². The third kappa shape index (κ3) is 3.97. The smallest absolute Gasteiger partial charge is 0.243 e. The summed E-state index contributed by atoms with van der Waals surface area (Å²) in [7, 11) is -2.06. The van der Waals surface area contributed by atoms with Crippen LogP contribution in [-0.2, 0) is 16.6 Å². The molecule has 0 heterocycles. The van der Waals surface area contributed by atoms with E-state index in [-0.39, 0.29) is 16.2 Å². The molecule has 4 nitrogen and oxygen atoms in total. The van der Waals surface area contributed by atoms with Crippen molar-refractivity contribution in [2.75, 3.05) is 13.3 Å². The molecule has 21 heavy (non-hydrogen) atoms. The van der Waals surface area contributed by atoms with Crippen molar-refractivity contribution in [1.82, 2.24) is 10.0 Å². The van der Waals surface area contributed by atoms with E-state index >= 15 is 0 Å². The highest BCUT2D eigenvalue weighted by Crippen LogP contribution is 2.30. The second-order valence-corrected chi connectivity index (χ2v) is 7.99. The molecular weight excluding hydrogens is 311 g/mol. The Hall–Kier alpha value is -0.630. The highest BCUT2D eigenvalue weighted by atomic mass is 32.2. The molecule has 1 saturated carbocycles. The van der Waals surface area contributed by atoms with E-state index in [1.165, 1.54) is 12.1 Å². The van der Waals surface area contributed by atoms with Crippen LogP contribution in [0.15, 0.2) is 23.1 Å². The molecule has 1 aliphatic carbocycles. The fraction of sp³-hybridized carbons (Fsp3) is 0.571. The van der Waals surface area contributed by atoms with Gasteiger partial charge in [0.15, 0.2) is 0 Å². The molecule has 1 aromatic rings. The van der Waals surface area contributed by atoms with Gasteiger partial charge >= 0.3 is 0 Å². The van der Waals surface area contributed by atoms with Gasteiger partial charge in [-0.3, -0.25) is 0 Å². The van der Waals surface area contributed by atoms with Crippen LogP contribution in [0.25, 0.3) is 0 Å². The van der Waals surface area contributed by atoms with Crippen molar-refractivity contribution < 1.29 is 12.8 Å². The summed E-state index contributed by atoms with van der Waals surface area (Å²) < 4.78 is 41.5. The topological polar surface area (TPSA) is 58.2 Å². The molecule has 7 heteroatoms. The molecular formula is C14H21FN2O2S2. The number of hydrogen-bond acceptors (Lipinski definition) is 4. The Kier molecular flexibility index (Phi) is 5.65. The molecule has 0 amide bonds. The van der Waals surface area contributed by atoms with Crippen molar-refractivity contribution in [2.45, 2.75) is 42.0 Å². The highest BCUT2D eigenvalue weighted by molar-refractivity contribution is 7.99. The molecule has 2 unspecified atom stereocenters. The van der Waals surface area contributed by atoms with Crippen LogP contribution >= 0.6 is 11.8 Å². The molecule has 0 spiro atoms. The number of nitrogens with one attached hydrogen (secondary N) is 2. The summed E-state index contributed by atoms with van der Waals surface area (Å²) >= 11 is 1.66. The number of benzene rings is 1. The molecule has 0 radical (unpaired) electrons. The standard InChI is InChI=1S/C14H21FN2O2S2/c1-16-9-10-6-7-11(15)14(8-10)21(18,19)17-12-4-3-5-13(12)20-2/h6-8,12-13,16-17H,3-5,9H2,1-2H3. The van der Waals surface area contributed by atoms with E-state index < -0.39 is 15.8 Å². The van der Waals surface area contributed by atoms with E-state index in [0.29, 0.717) is 6.54 Å². The molecule has 0 saturated heterocycles. The second-order valence-electron chi connectivity index (χ2n) is 5.23. The summed E-state index contributed by atoms with van der Waals surface area (Å²) in [5.41, 5.74) is 0.743. The zero-order valence-electron chi connectivity index (χ0n) is 12.2. The Morgan fingerprint density at radius 2 is 2.14 bits per heavy atom. The molecule has 0 bridgehead atoms. The van der Waals surface area contributed by atoms with E-state index in [1.54, 1.807) is 24.9 Å². The maximum absolute atomic E-state index is 13.9. The molecule has 0 aromatic heterocycles. The van der Waals surface area contributed by atoms with Crippen LogP contribution in [-0.4, -0.2) is 33.0 Å². The van der Waals surface area contributed by atoms with E-state index in [4.69, 9.17) is 0 Å². The molecule has 2 N–H and O–H groups in total. The summed E-state index contributed by atoms with van der Waals surface area (Å²) in [5, 5.41) is 3.20. The average molecular weight is 332 g/mol. The average Bonchev–Trinajstić information content (AvgIpc) is 2.87. The normalized spacial score (nSPS) is 22.6. The van der Waals surface area contributed by atoms with Crippen LogP contribution in [0.5, 0.6) is 0 Å². The van der Waals surface area contributed by atoms with Crippen molar-refractivity contribution in [1.29, 1.82) is 0 Å². The van der Waals surface area contributed by atoms with Crippen LogP contribution < -0.4 is 10.0 Å². The first kappa shape index (κ1) is 16.7. The molecule has 0 aliphatic heterocycles. The number of thioether (sulfide) groups is 1. The Bertz CT molecular complexity index is 593. The third-order valence-electron chi connectivity index (χ3n) is 3.73. The number of halogens is 1. The summed E-state index contributed by atoms with van der Waals surface area (Å²) in [5.74, 6) is -0.707. The summed E-state index contributed by atoms with van der Waals surface area (Å²) in [6, 6.07) is 4.09. The quantitative estimate of drug-likeness (QED) is 0.838. The van der Waals surface area contributed by atoms with Gasteiger partial charge in [-0.25, -0.2) is 17.5 Å². The van der Waals surface area contributed by atoms with Crippen LogP contribution in [0.3, 0.4) is 0 Å². The first-order valence-corrected chi connectivity index (χ1v) is 9.73. The molecule has 1 aliphatic rings. The number of sulfonamides is 1. The lowest BCUT2D eigenvalue weighted by molar-refractivity contribution is 0.538. The minimum atomic E-state index is -3.82. The molecule has 1 aromatic carbocycles. The van der Waals surface area contributed by atoms with Crippen molar-refractivity contribution in [2.24, 2.45) is 0 Å². The van der Waals surface area contributed by atoms with E-state index in [1.807, 2.05) is 6.26 Å². The number of hydrogen-bond donors (Lipinski definition) is 2. The van der Waals surface area contributed by atoms with Crippen molar-refractivity contribution in [3.05, 3.63) is 29.6 Å². The zero-order valence-corrected chi connectivity index (χ0v) is 13.9. The second kappa shape index (κ2) is 7.09. The van der Waals surface area contributed by atoms with Crippen molar-refractivity contribution in [3.8, 4) is 0 Å². The molecule has 118 valence electrons. The van der Waals surface area contributed by atoms with Crippen LogP contribution in [0, 0.1) is 5.82 Å². The van der Waals surface area contributed by atoms with Gasteiger partial charge in [-0.1, -0.05) is 12.5 Å². The maximum atomic E-state index is 13.9. The van der Waals surface area contributed by atoms with Gasteiger partial charge in [0.25, 0.3) is 0 Å². The van der Waals surface area contributed by atoms with Gasteiger partial charge in [0.2, 0.25) is 10.0 Å². The summed E-state index contributed by atoms with van der Waals surface area (Å²) in [6.07, 6.45) is 4.78. The van der Waals surface area contributed by atoms with Crippen LogP contribution in [0.4, 0.5) is 4.39 Å². The van der Waals surface area contributed by atoms with Gasteiger partial charge in [-0.05, 0) is 43.8 Å². The van der Waals surface area contributed by atoms with E-state index in [0.717, 1.165) is 24.8 Å². The largest absolute Gasteiger partial charge is 0.316 e. The fourth-order valence-electron chi connectivity index (χ4n) is 2.67. The Balaban J connectivity index is 2.24. The van der Waals surface area contributed by atoms with Gasteiger partial charge in [-0.2, -0.15) is 11.8 Å². The summed E-state index contributed by atoms with van der Waals surface area (Å²) in [6.45, 7) is 0.500. The lowest BCUT2D eigenvalue weighted by Crippen LogP contribution is -2.39. The predicted octanol–water partition coefficient (Wildman–Crippen LogP) is 2.11. The Morgan fingerprint density at radius 3 is 2.81 bits per heavy atom. The van der Waals surface area contributed by atoms with Gasteiger partial charge in [0.1, 0.15) is 10.7 Å². The SMILES string of the molecule is CNCc1ccc(F)c(S(=O)(=O)NC2CCCC2SC)c1. The summed E-state index contributed by atoms with van der Waals surface area (Å²) in [4.78, 5) is -0.262. The highest BCUT2D eigenvalue weighted by Gasteiger charge is 2.31. The van der Waals surface area contributed by atoms with E-state index in [9.17, 15) is 12.8 Å². The van der Waals surface area contributed by atoms with E-state index in [2.05, 4.69) is 10.0 Å². The molecule has 2 rings (SSSR count). The first-order valence-electron chi connectivity index (χ1n) is 6.96. The van der Waals surface area contributed by atoms with Gasteiger partial charge in [0.05, 0.1) is 0 Å². The lowest BCUT2D eigenvalue weighted by Gasteiger charge is -2.19. The van der Waals surface area contributed by atoms with Crippen LogP contribution in [0.2, 0.25) is 0 Å². The lowest BCUT2D eigenvalue weighted by atomic mass is 10.2. The van der Waals surface area contributed by atoms with Gasteiger partial charge in [-0.15, -0.1) is 0 Å². The first-order chi connectivity index (χ1) is 9.97. The Morgan fingerprint density at radius 1 is 1.38 bits per heavy atom. The van der Waals surface area contributed by atoms with Gasteiger partial charge in [0, 0.05) is 17.8 Å². The molecule has 1 fully saturated rings. The number of rotatable bonds is 6.